The van der Waals surface area contributed by atoms with Gasteiger partial charge in [-0.1, -0.05) is 48.0 Å². The monoisotopic (exact) mass is 354 g/mol. The SMILES string of the molecule is Cc1ccc(CCC(=O)NCC(=O)N(CC(=O)O)c2ccccc2)cc1. The number of carboxylic acids is 1. The third-order valence-corrected chi connectivity index (χ3v) is 3.86. The fourth-order valence-electron chi connectivity index (χ4n) is 2.44. The van der Waals surface area contributed by atoms with Crippen LogP contribution < -0.4 is 10.2 Å². The van der Waals surface area contributed by atoms with E-state index in [0.29, 0.717) is 12.1 Å². The zero-order valence-electron chi connectivity index (χ0n) is 14.6. The third-order valence-electron chi connectivity index (χ3n) is 3.86. The van der Waals surface area contributed by atoms with Crippen LogP contribution in [0.15, 0.2) is 54.6 Å². The highest BCUT2D eigenvalue weighted by atomic mass is 16.4. The van der Waals surface area contributed by atoms with Crippen molar-refractivity contribution < 1.29 is 19.5 Å². The number of amides is 2. The van der Waals surface area contributed by atoms with Crippen molar-refractivity contribution in [3.8, 4) is 0 Å². The number of para-hydroxylation sites is 1. The molecule has 2 aromatic carbocycles. The molecule has 0 heterocycles. The number of carbonyl (C=O) groups is 3. The first-order valence-corrected chi connectivity index (χ1v) is 8.35. The van der Waals surface area contributed by atoms with E-state index in [4.69, 9.17) is 5.11 Å². The van der Waals surface area contributed by atoms with Gasteiger partial charge in [0.25, 0.3) is 0 Å². The molecule has 0 aliphatic rings. The van der Waals surface area contributed by atoms with E-state index >= 15 is 0 Å². The van der Waals surface area contributed by atoms with Crippen LogP contribution in [0.25, 0.3) is 0 Å². The summed E-state index contributed by atoms with van der Waals surface area (Å²) < 4.78 is 0. The van der Waals surface area contributed by atoms with Gasteiger partial charge in [-0.2, -0.15) is 0 Å². The molecule has 0 unspecified atom stereocenters. The van der Waals surface area contributed by atoms with Crippen molar-refractivity contribution in [2.45, 2.75) is 19.8 Å². The van der Waals surface area contributed by atoms with E-state index in [1.807, 2.05) is 31.2 Å². The summed E-state index contributed by atoms with van der Waals surface area (Å²) in [4.78, 5) is 36.5. The summed E-state index contributed by atoms with van der Waals surface area (Å²) in [6, 6.07) is 16.4. The normalized spacial score (nSPS) is 10.2. The first kappa shape index (κ1) is 19.2. The van der Waals surface area contributed by atoms with Crippen LogP contribution in [-0.4, -0.2) is 36.0 Å². The largest absolute Gasteiger partial charge is 0.480 e. The first-order valence-electron chi connectivity index (χ1n) is 8.35. The Labute approximate surface area is 152 Å². The minimum Gasteiger partial charge on any atom is -0.480 e. The van der Waals surface area contributed by atoms with Gasteiger partial charge in [-0.15, -0.1) is 0 Å². The van der Waals surface area contributed by atoms with E-state index < -0.39 is 18.4 Å². The van der Waals surface area contributed by atoms with Gasteiger partial charge in [0.05, 0.1) is 6.54 Å². The van der Waals surface area contributed by atoms with Crippen molar-refractivity contribution in [1.29, 1.82) is 0 Å². The third kappa shape index (κ3) is 6.05. The Balaban J connectivity index is 1.87. The van der Waals surface area contributed by atoms with Crippen LogP contribution in [0, 0.1) is 6.92 Å². The lowest BCUT2D eigenvalue weighted by Gasteiger charge is -2.21. The molecule has 26 heavy (non-hydrogen) atoms. The minimum atomic E-state index is -1.12. The van der Waals surface area contributed by atoms with Crippen LogP contribution in [-0.2, 0) is 20.8 Å². The van der Waals surface area contributed by atoms with Gasteiger partial charge >= 0.3 is 5.97 Å². The topological polar surface area (TPSA) is 86.7 Å². The summed E-state index contributed by atoms with van der Waals surface area (Å²) in [7, 11) is 0. The Hall–Kier alpha value is -3.15. The zero-order valence-corrected chi connectivity index (χ0v) is 14.6. The lowest BCUT2D eigenvalue weighted by atomic mass is 10.1. The molecule has 2 rings (SSSR count). The van der Waals surface area contributed by atoms with E-state index in [1.165, 1.54) is 0 Å². The summed E-state index contributed by atoms with van der Waals surface area (Å²) in [5, 5.41) is 11.6. The number of carbonyl (C=O) groups excluding carboxylic acids is 2. The second kappa shape index (κ2) is 9.36. The zero-order chi connectivity index (χ0) is 18.9. The standard InChI is InChI=1S/C20H22N2O4/c1-15-7-9-16(10-8-15)11-12-18(23)21-13-19(24)22(14-20(25)26)17-5-3-2-4-6-17/h2-10H,11-14H2,1H3,(H,21,23)(H,25,26). The number of hydrogen-bond donors (Lipinski definition) is 2. The van der Waals surface area contributed by atoms with Crippen molar-refractivity contribution in [2.24, 2.45) is 0 Å². The number of nitrogens with zero attached hydrogens (tertiary/aromatic N) is 1. The van der Waals surface area contributed by atoms with Crippen LogP contribution >= 0.6 is 0 Å². The number of aliphatic carboxylic acids is 1. The van der Waals surface area contributed by atoms with E-state index in [1.54, 1.807) is 30.3 Å². The van der Waals surface area contributed by atoms with E-state index in [2.05, 4.69) is 5.32 Å². The van der Waals surface area contributed by atoms with Gasteiger partial charge in [0, 0.05) is 12.1 Å². The van der Waals surface area contributed by atoms with Gasteiger partial charge in [-0.25, -0.2) is 0 Å². The average molecular weight is 354 g/mol. The molecule has 0 aromatic heterocycles. The maximum atomic E-state index is 12.3. The van der Waals surface area contributed by atoms with Gasteiger partial charge in [0.1, 0.15) is 6.54 Å². The molecule has 6 nitrogen and oxygen atoms in total. The predicted molar refractivity (Wildman–Crippen MR) is 98.9 cm³/mol. The van der Waals surface area contributed by atoms with Crippen LogP contribution in [0.5, 0.6) is 0 Å². The quantitative estimate of drug-likeness (QED) is 0.761. The lowest BCUT2D eigenvalue weighted by Crippen LogP contribution is -2.42. The van der Waals surface area contributed by atoms with Gasteiger partial charge in [0.2, 0.25) is 11.8 Å². The maximum absolute atomic E-state index is 12.3. The molecule has 0 aliphatic heterocycles. The summed E-state index contributed by atoms with van der Waals surface area (Å²) in [6.45, 7) is 1.30. The maximum Gasteiger partial charge on any atom is 0.323 e. The molecular weight excluding hydrogens is 332 g/mol. The molecule has 2 amide bonds. The van der Waals surface area contributed by atoms with Crippen LogP contribution in [0.4, 0.5) is 5.69 Å². The van der Waals surface area contributed by atoms with Gasteiger partial charge in [-0.05, 0) is 31.0 Å². The molecule has 2 N–H and O–H groups in total. The molecule has 136 valence electrons. The van der Waals surface area contributed by atoms with E-state index in [-0.39, 0.29) is 18.9 Å². The molecule has 0 bridgehead atoms. The molecule has 0 spiro atoms. The summed E-state index contributed by atoms with van der Waals surface area (Å²) >= 11 is 0. The Kier molecular flexibility index (Phi) is 6.91. The van der Waals surface area contributed by atoms with Crippen LogP contribution in [0.1, 0.15) is 17.5 Å². The molecule has 0 atom stereocenters. The number of nitrogens with one attached hydrogen (secondary N) is 1. The number of rotatable bonds is 8. The molecule has 0 radical (unpaired) electrons. The fraction of sp³-hybridized carbons (Fsp3) is 0.250. The molecule has 0 fully saturated rings. The molecule has 2 aromatic rings. The van der Waals surface area contributed by atoms with Crippen molar-refractivity contribution in [1.82, 2.24) is 5.32 Å². The van der Waals surface area contributed by atoms with Gasteiger partial charge < -0.3 is 10.4 Å². The highest BCUT2D eigenvalue weighted by Crippen LogP contribution is 2.13. The lowest BCUT2D eigenvalue weighted by molar-refractivity contribution is -0.136. The Morgan fingerprint density at radius 3 is 2.27 bits per heavy atom. The Bertz CT molecular complexity index is 757. The van der Waals surface area contributed by atoms with Crippen molar-refractivity contribution >= 4 is 23.5 Å². The highest BCUT2D eigenvalue weighted by Gasteiger charge is 2.19. The molecule has 0 aliphatic carbocycles. The fourth-order valence-corrected chi connectivity index (χ4v) is 2.44. The molecule has 6 heteroatoms. The van der Waals surface area contributed by atoms with E-state index in [9.17, 15) is 14.4 Å². The molecule has 0 saturated carbocycles. The highest BCUT2D eigenvalue weighted by molar-refractivity contribution is 5.99. The van der Waals surface area contributed by atoms with Crippen molar-refractivity contribution in [3.05, 3.63) is 65.7 Å². The van der Waals surface area contributed by atoms with Crippen LogP contribution in [0.3, 0.4) is 0 Å². The number of aryl methyl sites for hydroxylation is 2. The Morgan fingerprint density at radius 1 is 1.00 bits per heavy atom. The van der Waals surface area contributed by atoms with Crippen molar-refractivity contribution in [3.63, 3.8) is 0 Å². The predicted octanol–water partition coefficient (Wildman–Crippen LogP) is 2.16. The van der Waals surface area contributed by atoms with Crippen LogP contribution in [0.2, 0.25) is 0 Å². The summed E-state index contributed by atoms with van der Waals surface area (Å²) in [6.07, 6.45) is 0.846. The average Bonchev–Trinajstić information content (AvgIpc) is 2.64. The van der Waals surface area contributed by atoms with Gasteiger partial charge in [0.15, 0.2) is 0 Å². The summed E-state index contributed by atoms with van der Waals surface area (Å²) in [5.41, 5.74) is 2.69. The number of anilines is 1. The Morgan fingerprint density at radius 2 is 1.65 bits per heavy atom. The van der Waals surface area contributed by atoms with E-state index in [0.717, 1.165) is 16.0 Å². The molecular formula is C20H22N2O4. The first-order chi connectivity index (χ1) is 12.5. The minimum absolute atomic E-state index is 0.241. The van der Waals surface area contributed by atoms with Crippen molar-refractivity contribution in [2.75, 3.05) is 18.0 Å². The number of benzene rings is 2. The summed E-state index contributed by atoms with van der Waals surface area (Å²) in [5.74, 6) is -1.84. The number of hydrogen-bond acceptors (Lipinski definition) is 3. The second-order valence-electron chi connectivity index (χ2n) is 5.97. The second-order valence-corrected chi connectivity index (χ2v) is 5.97. The molecule has 0 saturated heterocycles. The van der Waals surface area contributed by atoms with Gasteiger partial charge in [-0.3, -0.25) is 19.3 Å². The smallest absolute Gasteiger partial charge is 0.323 e. The number of carboxylic acid groups (broad SMARTS) is 1.